The van der Waals surface area contributed by atoms with Crippen molar-refractivity contribution in [3.8, 4) is 17.2 Å². The number of pyridine rings is 1. The molecule has 3 aliphatic carbocycles. The van der Waals surface area contributed by atoms with Crippen molar-refractivity contribution in [1.29, 1.82) is 0 Å². The minimum absolute atomic E-state index is 0.154. The third-order valence-corrected chi connectivity index (χ3v) is 11.6. The number of fused-ring (bicyclic) bond motifs is 4. The molecular formula is C39H47ClN2O5. The zero-order valence-corrected chi connectivity index (χ0v) is 28.6. The van der Waals surface area contributed by atoms with E-state index in [2.05, 4.69) is 43.2 Å². The standard InChI is InChI=1S/C39H47ClN2O5/c1-24(21-45-33-10-15-41-32-9-4-6-26(3)36(32)33)16-28-17-27-18-34-35(47-23-25(2)22-46-34)20-31(27)38(28)11-13-39(14-12-38,37(43)44)42-30-8-5-7-29(40)19-30/h5,7-8,10,15,18-20,24-26,28,42H,4,6,9,11-14,16-17,21-23H2,1-3H3,(H,43,44)/t24-,25+,26-,28+,38?,39?/m1/s1. The van der Waals surface area contributed by atoms with E-state index in [0.717, 1.165) is 55.0 Å². The molecule has 0 radical (unpaired) electrons. The SMILES string of the molecule is C[C@H]1COc2cc3c(cc2OC1)C1(CCC(Nc2cccc(Cl)c2)(C(=O)O)CC1)[C@@H](C[C@@H](C)COc1ccnc2c1[C@H](C)CCC2)C3. The molecule has 3 aromatic rings. The fraction of sp³-hybridized carbons (Fsp3) is 0.538. The maximum Gasteiger partial charge on any atom is 0.329 e. The first-order valence-corrected chi connectivity index (χ1v) is 17.8. The molecule has 1 aliphatic heterocycles. The van der Waals surface area contributed by atoms with Gasteiger partial charge in [0.05, 0.1) is 19.8 Å². The molecule has 7 rings (SSSR count). The van der Waals surface area contributed by atoms with Crippen LogP contribution in [0.15, 0.2) is 48.7 Å². The summed E-state index contributed by atoms with van der Waals surface area (Å²) in [5.74, 6) is 3.26. The zero-order chi connectivity index (χ0) is 32.8. The van der Waals surface area contributed by atoms with Gasteiger partial charge in [-0.05, 0) is 128 Å². The summed E-state index contributed by atoms with van der Waals surface area (Å²) in [6.07, 6.45) is 9.77. The van der Waals surface area contributed by atoms with Crippen molar-refractivity contribution in [1.82, 2.24) is 4.98 Å². The van der Waals surface area contributed by atoms with E-state index in [1.54, 1.807) is 12.1 Å². The number of nitrogens with zero attached hydrogens (tertiary/aromatic N) is 1. The second-order valence-corrected chi connectivity index (χ2v) is 15.3. The van der Waals surface area contributed by atoms with Crippen LogP contribution in [0.1, 0.15) is 94.0 Å². The van der Waals surface area contributed by atoms with Gasteiger partial charge in [0.2, 0.25) is 0 Å². The lowest BCUT2D eigenvalue weighted by Gasteiger charge is -2.47. The van der Waals surface area contributed by atoms with Gasteiger partial charge in [-0.15, -0.1) is 0 Å². The fourth-order valence-electron chi connectivity index (χ4n) is 8.85. The molecule has 250 valence electrons. The predicted molar refractivity (Wildman–Crippen MR) is 184 cm³/mol. The molecule has 0 amide bonds. The summed E-state index contributed by atoms with van der Waals surface area (Å²) < 4.78 is 19.1. The summed E-state index contributed by atoms with van der Waals surface area (Å²) in [6.45, 7) is 8.63. The Labute approximate surface area is 283 Å². The summed E-state index contributed by atoms with van der Waals surface area (Å²) in [5, 5.41) is 14.6. The average molecular weight is 659 g/mol. The third kappa shape index (κ3) is 6.16. The van der Waals surface area contributed by atoms with Crippen LogP contribution in [-0.2, 0) is 23.1 Å². The van der Waals surface area contributed by atoms with Crippen molar-refractivity contribution in [3.05, 3.63) is 76.1 Å². The minimum atomic E-state index is -1.06. The minimum Gasteiger partial charge on any atom is -0.493 e. The number of aromatic nitrogens is 1. The van der Waals surface area contributed by atoms with Gasteiger partial charge in [-0.25, -0.2) is 4.79 Å². The quantitative estimate of drug-likeness (QED) is 0.250. The molecule has 2 aromatic carbocycles. The van der Waals surface area contributed by atoms with Gasteiger partial charge in [0.15, 0.2) is 11.5 Å². The van der Waals surface area contributed by atoms with E-state index >= 15 is 0 Å². The molecule has 1 fully saturated rings. The van der Waals surface area contributed by atoms with Gasteiger partial charge in [0.1, 0.15) is 11.3 Å². The Kier molecular flexibility index (Phi) is 8.79. The number of rotatable bonds is 8. The highest BCUT2D eigenvalue weighted by Crippen LogP contribution is 2.58. The van der Waals surface area contributed by atoms with Crippen molar-refractivity contribution in [2.24, 2.45) is 17.8 Å². The van der Waals surface area contributed by atoms with Crippen molar-refractivity contribution in [2.75, 3.05) is 25.1 Å². The lowest BCUT2D eigenvalue weighted by Crippen LogP contribution is -2.53. The molecule has 1 spiro atoms. The number of carboxylic acid groups (broad SMARTS) is 1. The normalized spacial score (nSPS) is 28.6. The largest absolute Gasteiger partial charge is 0.493 e. The van der Waals surface area contributed by atoms with Crippen LogP contribution in [-0.4, -0.2) is 41.4 Å². The molecule has 7 nitrogen and oxygen atoms in total. The molecule has 0 unspecified atom stereocenters. The Bertz CT molecular complexity index is 1630. The van der Waals surface area contributed by atoms with Crippen molar-refractivity contribution < 1.29 is 24.1 Å². The Morgan fingerprint density at radius 1 is 1.11 bits per heavy atom. The second kappa shape index (κ2) is 12.9. The Balaban J connectivity index is 1.15. The smallest absolute Gasteiger partial charge is 0.329 e. The van der Waals surface area contributed by atoms with Crippen LogP contribution in [0.2, 0.25) is 5.02 Å². The van der Waals surface area contributed by atoms with Crippen LogP contribution in [0.3, 0.4) is 0 Å². The van der Waals surface area contributed by atoms with E-state index in [-0.39, 0.29) is 5.41 Å². The topological polar surface area (TPSA) is 89.9 Å². The van der Waals surface area contributed by atoms with Gasteiger partial charge in [-0.3, -0.25) is 4.98 Å². The third-order valence-electron chi connectivity index (χ3n) is 11.4. The molecular weight excluding hydrogens is 612 g/mol. The van der Waals surface area contributed by atoms with Crippen LogP contribution in [0.5, 0.6) is 17.2 Å². The van der Waals surface area contributed by atoms with E-state index < -0.39 is 11.5 Å². The van der Waals surface area contributed by atoms with E-state index in [1.165, 1.54) is 35.2 Å². The number of carboxylic acids is 1. The van der Waals surface area contributed by atoms with Crippen molar-refractivity contribution in [2.45, 2.75) is 95.4 Å². The molecule has 1 aromatic heterocycles. The van der Waals surface area contributed by atoms with E-state index in [1.807, 2.05) is 24.4 Å². The number of nitrogens with one attached hydrogen (secondary N) is 1. The summed E-state index contributed by atoms with van der Waals surface area (Å²) in [6, 6.07) is 13.8. The first kappa shape index (κ1) is 32.1. The van der Waals surface area contributed by atoms with Gasteiger partial charge in [0, 0.05) is 34.1 Å². The van der Waals surface area contributed by atoms with Crippen LogP contribution < -0.4 is 19.5 Å². The number of hydrogen-bond donors (Lipinski definition) is 2. The molecule has 2 N–H and O–H groups in total. The molecule has 2 heterocycles. The molecule has 8 heteroatoms. The van der Waals surface area contributed by atoms with Crippen LogP contribution in [0.25, 0.3) is 0 Å². The van der Waals surface area contributed by atoms with E-state index in [4.69, 9.17) is 25.8 Å². The molecule has 0 saturated heterocycles. The van der Waals surface area contributed by atoms with E-state index in [0.29, 0.717) is 61.4 Å². The van der Waals surface area contributed by atoms with Crippen molar-refractivity contribution >= 4 is 23.3 Å². The van der Waals surface area contributed by atoms with Crippen LogP contribution >= 0.6 is 11.6 Å². The van der Waals surface area contributed by atoms with Crippen LogP contribution in [0.4, 0.5) is 5.69 Å². The molecule has 4 aliphatic rings. The van der Waals surface area contributed by atoms with Gasteiger partial charge >= 0.3 is 5.97 Å². The number of hydrogen-bond acceptors (Lipinski definition) is 6. The summed E-state index contributed by atoms with van der Waals surface area (Å²) in [5.41, 5.74) is 4.62. The van der Waals surface area contributed by atoms with Gasteiger partial charge in [-0.2, -0.15) is 0 Å². The summed E-state index contributed by atoms with van der Waals surface area (Å²) in [4.78, 5) is 17.6. The number of anilines is 1. The number of carbonyl (C=O) groups is 1. The van der Waals surface area contributed by atoms with Crippen molar-refractivity contribution in [3.63, 3.8) is 0 Å². The summed E-state index contributed by atoms with van der Waals surface area (Å²) >= 11 is 6.27. The Hall–Kier alpha value is -3.45. The van der Waals surface area contributed by atoms with Gasteiger partial charge in [-0.1, -0.05) is 38.4 Å². The molecule has 1 saturated carbocycles. The first-order valence-electron chi connectivity index (χ1n) is 17.5. The average Bonchev–Trinajstić information content (AvgIpc) is 3.19. The van der Waals surface area contributed by atoms with E-state index in [9.17, 15) is 9.90 Å². The highest BCUT2D eigenvalue weighted by Gasteiger charge is 2.54. The number of aliphatic carboxylic acids is 1. The highest BCUT2D eigenvalue weighted by molar-refractivity contribution is 6.30. The lowest BCUT2D eigenvalue weighted by atomic mass is 9.59. The maximum absolute atomic E-state index is 12.9. The predicted octanol–water partition coefficient (Wildman–Crippen LogP) is 8.61. The first-order chi connectivity index (χ1) is 22.7. The molecule has 4 atom stereocenters. The number of halogens is 1. The Morgan fingerprint density at radius 3 is 2.62 bits per heavy atom. The fourth-order valence-corrected chi connectivity index (χ4v) is 9.04. The lowest BCUT2D eigenvalue weighted by molar-refractivity contribution is -0.144. The highest BCUT2D eigenvalue weighted by atomic mass is 35.5. The van der Waals surface area contributed by atoms with Gasteiger partial charge in [0.25, 0.3) is 0 Å². The zero-order valence-electron chi connectivity index (χ0n) is 27.8. The van der Waals surface area contributed by atoms with Crippen LogP contribution in [0, 0.1) is 17.8 Å². The monoisotopic (exact) mass is 658 g/mol. The van der Waals surface area contributed by atoms with Gasteiger partial charge < -0.3 is 24.6 Å². The number of ether oxygens (including phenoxy) is 3. The molecule has 47 heavy (non-hydrogen) atoms. The Morgan fingerprint density at radius 2 is 1.87 bits per heavy atom. The number of benzene rings is 2. The number of aryl methyl sites for hydroxylation is 1. The maximum atomic E-state index is 12.9. The second-order valence-electron chi connectivity index (χ2n) is 14.9. The molecule has 0 bridgehead atoms. The summed E-state index contributed by atoms with van der Waals surface area (Å²) in [7, 11) is 0.